The molecule has 0 aliphatic heterocycles. The van der Waals surface area contributed by atoms with Gasteiger partial charge in [-0.05, 0) is 21.9 Å². The van der Waals surface area contributed by atoms with Crippen LogP contribution in [-0.4, -0.2) is 51.5 Å². The maximum atomic E-state index is 11.6. The number of nitrogens with zero attached hydrogens (tertiary/aromatic N) is 4. The molecular weight excluding hydrogens is 314 g/mol. The van der Waals surface area contributed by atoms with E-state index in [1.165, 1.54) is 18.9 Å². The predicted molar refractivity (Wildman–Crippen MR) is 77.0 cm³/mol. The molecule has 0 saturated carbocycles. The van der Waals surface area contributed by atoms with Crippen LogP contribution in [-0.2, 0) is 20.9 Å². The zero-order valence-electron chi connectivity index (χ0n) is 11.2. The molecule has 1 N–H and O–H groups in total. The maximum Gasteiger partial charge on any atom is 0.325 e. The summed E-state index contributed by atoms with van der Waals surface area (Å²) in [5.74, 6) is -0.645. The van der Waals surface area contributed by atoms with Gasteiger partial charge >= 0.3 is 5.97 Å². The third kappa shape index (κ3) is 4.83. The lowest BCUT2D eigenvalue weighted by atomic mass is 10.5. The number of aromatic nitrogens is 4. The summed E-state index contributed by atoms with van der Waals surface area (Å²) in [4.78, 5) is 23.6. The van der Waals surface area contributed by atoms with Gasteiger partial charge in [-0.25, -0.2) is 4.68 Å². The molecule has 112 valence electrons. The number of rotatable bonds is 7. The smallest absolute Gasteiger partial charge is 0.325 e. The standard InChI is InChI=1S/C11H13N5O3S2/c1-19-10(18)5-12-9(17)7-21-11-13-14-15-16(11)6-8-3-2-4-20-8/h2-4H,5-7H2,1H3,(H,12,17). The first kappa shape index (κ1) is 15.4. The Kier molecular flexibility index (Phi) is 5.69. The first-order chi connectivity index (χ1) is 10.2. The van der Waals surface area contributed by atoms with Crippen molar-refractivity contribution in [1.82, 2.24) is 25.5 Å². The molecule has 0 atom stereocenters. The van der Waals surface area contributed by atoms with E-state index in [0.717, 1.165) is 4.88 Å². The van der Waals surface area contributed by atoms with E-state index in [1.807, 2.05) is 17.5 Å². The fourth-order valence-corrected chi connectivity index (χ4v) is 2.77. The third-order valence-corrected chi connectivity index (χ3v) is 4.19. The summed E-state index contributed by atoms with van der Waals surface area (Å²) >= 11 is 2.82. The zero-order chi connectivity index (χ0) is 15.1. The fourth-order valence-electron chi connectivity index (χ4n) is 1.37. The quantitative estimate of drug-likeness (QED) is 0.571. The number of carbonyl (C=O) groups excluding carboxylic acids is 2. The highest BCUT2D eigenvalue weighted by molar-refractivity contribution is 7.99. The van der Waals surface area contributed by atoms with E-state index in [1.54, 1.807) is 16.0 Å². The minimum atomic E-state index is -0.490. The van der Waals surface area contributed by atoms with E-state index in [2.05, 4.69) is 25.6 Å². The van der Waals surface area contributed by atoms with Crippen molar-refractivity contribution in [1.29, 1.82) is 0 Å². The van der Waals surface area contributed by atoms with Crippen molar-refractivity contribution in [2.45, 2.75) is 11.7 Å². The van der Waals surface area contributed by atoms with Gasteiger partial charge in [0, 0.05) is 4.88 Å². The van der Waals surface area contributed by atoms with Crippen molar-refractivity contribution in [3.05, 3.63) is 22.4 Å². The van der Waals surface area contributed by atoms with Crippen LogP contribution in [0.25, 0.3) is 0 Å². The molecule has 2 aromatic heterocycles. The van der Waals surface area contributed by atoms with Crippen LogP contribution in [0.15, 0.2) is 22.7 Å². The summed E-state index contributed by atoms with van der Waals surface area (Å²) in [5, 5.41) is 16.4. The molecule has 2 aromatic rings. The summed E-state index contributed by atoms with van der Waals surface area (Å²) < 4.78 is 6.06. The molecule has 0 saturated heterocycles. The molecule has 10 heteroatoms. The summed E-state index contributed by atoms with van der Waals surface area (Å²) in [6.45, 7) is 0.423. The van der Waals surface area contributed by atoms with Crippen LogP contribution in [0.3, 0.4) is 0 Å². The predicted octanol–water partition coefficient (Wildman–Crippen LogP) is 0.164. The Bertz CT molecular complexity index is 599. The Hall–Kier alpha value is -1.94. The van der Waals surface area contributed by atoms with Crippen LogP contribution < -0.4 is 5.32 Å². The van der Waals surface area contributed by atoms with Gasteiger partial charge in [-0.3, -0.25) is 9.59 Å². The molecule has 0 bridgehead atoms. The largest absolute Gasteiger partial charge is 0.468 e. The molecule has 21 heavy (non-hydrogen) atoms. The van der Waals surface area contributed by atoms with Crippen LogP contribution in [0.1, 0.15) is 4.88 Å². The Morgan fingerprint density at radius 1 is 1.52 bits per heavy atom. The highest BCUT2D eigenvalue weighted by Gasteiger charge is 2.11. The molecule has 2 rings (SSSR count). The highest BCUT2D eigenvalue weighted by Crippen LogP contribution is 2.16. The molecule has 0 fully saturated rings. The number of thioether (sulfide) groups is 1. The van der Waals surface area contributed by atoms with Crippen molar-refractivity contribution in [2.75, 3.05) is 19.4 Å². The second-order valence-corrected chi connectivity index (χ2v) is 5.81. The van der Waals surface area contributed by atoms with E-state index in [4.69, 9.17) is 0 Å². The Morgan fingerprint density at radius 3 is 3.10 bits per heavy atom. The summed E-state index contributed by atoms with van der Waals surface area (Å²) in [5.41, 5.74) is 0. The first-order valence-electron chi connectivity index (χ1n) is 5.94. The van der Waals surface area contributed by atoms with Gasteiger partial charge in [-0.2, -0.15) is 0 Å². The molecule has 0 aromatic carbocycles. The van der Waals surface area contributed by atoms with E-state index in [-0.39, 0.29) is 18.2 Å². The number of ether oxygens (including phenoxy) is 1. The number of methoxy groups -OCH3 is 1. The van der Waals surface area contributed by atoms with E-state index in [9.17, 15) is 9.59 Å². The maximum absolute atomic E-state index is 11.6. The van der Waals surface area contributed by atoms with Crippen molar-refractivity contribution in [3.8, 4) is 0 Å². The number of amides is 1. The van der Waals surface area contributed by atoms with Gasteiger partial charge in [0.1, 0.15) is 6.54 Å². The van der Waals surface area contributed by atoms with Gasteiger partial charge < -0.3 is 10.1 Å². The van der Waals surface area contributed by atoms with Gasteiger partial charge in [0.05, 0.1) is 19.4 Å². The molecule has 0 unspecified atom stereocenters. The highest BCUT2D eigenvalue weighted by atomic mass is 32.2. The van der Waals surface area contributed by atoms with Gasteiger partial charge in [0.2, 0.25) is 11.1 Å². The number of tetrazole rings is 1. The molecular formula is C11H13N5O3S2. The fraction of sp³-hybridized carbons (Fsp3) is 0.364. The average Bonchev–Trinajstić information content (AvgIpc) is 3.15. The number of esters is 1. The average molecular weight is 327 g/mol. The summed E-state index contributed by atoms with van der Waals surface area (Å²) in [6, 6.07) is 3.95. The van der Waals surface area contributed by atoms with Crippen LogP contribution in [0.4, 0.5) is 0 Å². The molecule has 0 spiro atoms. The number of hydrogen-bond donors (Lipinski definition) is 1. The van der Waals surface area contributed by atoms with Crippen LogP contribution in [0.5, 0.6) is 0 Å². The van der Waals surface area contributed by atoms with Gasteiger partial charge in [0.15, 0.2) is 0 Å². The second kappa shape index (κ2) is 7.74. The van der Waals surface area contributed by atoms with E-state index >= 15 is 0 Å². The van der Waals surface area contributed by atoms with E-state index in [0.29, 0.717) is 11.7 Å². The summed E-state index contributed by atoms with van der Waals surface area (Å²) in [7, 11) is 1.27. The minimum absolute atomic E-state index is 0.127. The van der Waals surface area contributed by atoms with Gasteiger partial charge in [0.25, 0.3) is 0 Å². The van der Waals surface area contributed by atoms with Crippen molar-refractivity contribution in [2.24, 2.45) is 0 Å². The Labute approximate surface area is 128 Å². The molecule has 0 aliphatic rings. The SMILES string of the molecule is COC(=O)CNC(=O)CSc1nnnn1Cc1cccs1. The topological polar surface area (TPSA) is 99.0 Å². The van der Waals surface area contributed by atoms with Gasteiger partial charge in [-0.1, -0.05) is 17.8 Å². The van der Waals surface area contributed by atoms with Crippen LogP contribution in [0.2, 0.25) is 0 Å². The zero-order valence-corrected chi connectivity index (χ0v) is 12.8. The monoisotopic (exact) mass is 327 g/mol. The number of nitrogens with one attached hydrogen (secondary N) is 1. The third-order valence-electron chi connectivity index (χ3n) is 2.37. The Morgan fingerprint density at radius 2 is 2.38 bits per heavy atom. The molecule has 8 nitrogen and oxygen atoms in total. The number of thiophene rings is 1. The van der Waals surface area contributed by atoms with Crippen molar-refractivity contribution in [3.63, 3.8) is 0 Å². The lowest BCUT2D eigenvalue weighted by molar-refractivity contribution is -0.140. The molecule has 2 heterocycles. The van der Waals surface area contributed by atoms with Crippen molar-refractivity contribution < 1.29 is 14.3 Å². The first-order valence-corrected chi connectivity index (χ1v) is 7.80. The Balaban J connectivity index is 1.82. The lowest BCUT2D eigenvalue weighted by Gasteiger charge is -2.04. The second-order valence-electron chi connectivity index (χ2n) is 3.84. The van der Waals surface area contributed by atoms with Crippen LogP contribution in [0, 0.1) is 0 Å². The molecule has 0 aliphatic carbocycles. The van der Waals surface area contributed by atoms with Crippen LogP contribution >= 0.6 is 23.1 Å². The molecule has 0 radical (unpaired) electrons. The van der Waals surface area contributed by atoms with Gasteiger partial charge in [-0.15, -0.1) is 16.4 Å². The molecule has 1 amide bonds. The minimum Gasteiger partial charge on any atom is -0.468 e. The van der Waals surface area contributed by atoms with E-state index < -0.39 is 5.97 Å². The number of hydrogen-bond acceptors (Lipinski definition) is 8. The normalized spacial score (nSPS) is 10.3. The van der Waals surface area contributed by atoms with Crippen molar-refractivity contribution >= 4 is 35.0 Å². The number of carbonyl (C=O) groups is 2. The summed E-state index contributed by atoms with van der Waals surface area (Å²) in [6.07, 6.45) is 0. The lowest BCUT2D eigenvalue weighted by Crippen LogP contribution is -2.31.